The van der Waals surface area contributed by atoms with E-state index in [4.69, 9.17) is 0 Å². The number of rotatable bonds is 3. The van der Waals surface area contributed by atoms with Gasteiger partial charge in [-0.25, -0.2) is 4.68 Å². The SMILES string of the molecule is Cc1cccc(-c2nn(-c3ccccc3)cc2C=O)c1. The zero-order valence-electron chi connectivity index (χ0n) is 11.2. The van der Waals surface area contributed by atoms with Gasteiger partial charge in [0.15, 0.2) is 6.29 Å². The number of aldehydes is 1. The van der Waals surface area contributed by atoms with Crippen LogP contribution in [0, 0.1) is 6.92 Å². The van der Waals surface area contributed by atoms with E-state index in [1.165, 1.54) is 0 Å². The maximum absolute atomic E-state index is 11.3. The lowest BCUT2D eigenvalue weighted by Crippen LogP contribution is -1.94. The van der Waals surface area contributed by atoms with Crippen molar-refractivity contribution in [1.82, 2.24) is 9.78 Å². The van der Waals surface area contributed by atoms with Crippen molar-refractivity contribution < 1.29 is 4.79 Å². The fraction of sp³-hybridized carbons (Fsp3) is 0.0588. The van der Waals surface area contributed by atoms with Crippen molar-refractivity contribution in [3.8, 4) is 16.9 Å². The molecule has 3 nitrogen and oxygen atoms in total. The Morgan fingerprint density at radius 1 is 1.05 bits per heavy atom. The third kappa shape index (κ3) is 2.26. The topological polar surface area (TPSA) is 34.9 Å². The molecule has 0 radical (unpaired) electrons. The first-order valence-electron chi connectivity index (χ1n) is 6.45. The van der Waals surface area contributed by atoms with Crippen molar-refractivity contribution in [2.75, 3.05) is 0 Å². The number of carbonyl (C=O) groups excluding carboxylic acids is 1. The molecule has 1 aromatic heterocycles. The average molecular weight is 262 g/mol. The van der Waals surface area contributed by atoms with Gasteiger partial charge < -0.3 is 0 Å². The summed E-state index contributed by atoms with van der Waals surface area (Å²) in [5, 5.41) is 4.55. The number of para-hydroxylation sites is 1. The number of hydrogen-bond donors (Lipinski definition) is 0. The van der Waals surface area contributed by atoms with Crippen LogP contribution in [0.4, 0.5) is 0 Å². The van der Waals surface area contributed by atoms with E-state index in [9.17, 15) is 4.79 Å². The number of aromatic nitrogens is 2. The summed E-state index contributed by atoms with van der Waals surface area (Å²) >= 11 is 0. The summed E-state index contributed by atoms with van der Waals surface area (Å²) in [4.78, 5) is 11.3. The first kappa shape index (κ1) is 12.4. The molecule has 0 fully saturated rings. The Balaban J connectivity index is 2.13. The molecule has 0 atom stereocenters. The third-order valence-corrected chi connectivity index (χ3v) is 3.18. The number of benzene rings is 2. The summed E-state index contributed by atoms with van der Waals surface area (Å²) < 4.78 is 1.74. The summed E-state index contributed by atoms with van der Waals surface area (Å²) in [6.07, 6.45) is 2.62. The molecule has 20 heavy (non-hydrogen) atoms. The Kier molecular flexibility index (Phi) is 3.17. The first-order chi connectivity index (χ1) is 9.78. The van der Waals surface area contributed by atoms with Gasteiger partial charge >= 0.3 is 0 Å². The van der Waals surface area contributed by atoms with Crippen LogP contribution in [0.3, 0.4) is 0 Å². The Labute approximate surface area is 117 Å². The maximum Gasteiger partial charge on any atom is 0.153 e. The minimum Gasteiger partial charge on any atom is -0.298 e. The molecule has 0 saturated carbocycles. The summed E-state index contributed by atoms with van der Waals surface area (Å²) in [6.45, 7) is 2.03. The van der Waals surface area contributed by atoms with Crippen molar-refractivity contribution in [2.45, 2.75) is 6.92 Å². The maximum atomic E-state index is 11.3. The zero-order chi connectivity index (χ0) is 13.9. The van der Waals surface area contributed by atoms with Gasteiger partial charge in [0, 0.05) is 11.8 Å². The lowest BCUT2D eigenvalue weighted by molar-refractivity contribution is 0.112. The van der Waals surface area contributed by atoms with Crippen LogP contribution in [0.15, 0.2) is 60.8 Å². The molecular weight excluding hydrogens is 248 g/mol. The van der Waals surface area contributed by atoms with Crippen LogP contribution >= 0.6 is 0 Å². The highest BCUT2D eigenvalue weighted by Gasteiger charge is 2.11. The minimum absolute atomic E-state index is 0.597. The Morgan fingerprint density at radius 3 is 2.55 bits per heavy atom. The van der Waals surface area contributed by atoms with Crippen LogP contribution in [0.1, 0.15) is 15.9 Å². The predicted molar refractivity (Wildman–Crippen MR) is 79.1 cm³/mol. The Hall–Kier alpha value is -2.68. The van der Waals surface area contributed by atoms with Gasteiger partial charge in [-0.1, -0.05) is 42.0 Å². The fourth-order valence-corrected chi connectivity index (χ4v) is 2.20. The van der Waals surface area contributed by atoms with Crippen LogP contribution in [0.2, 0.25) is 0 Å². The molecule has 0 N–H and O–H groups in total. The Morgan fingerprint density at radius 2 is 1.85 bits per heavy atom. The summed E-state index contributed by atoms with van der Waals surface area (Å²) in [7, 11) is 0. The molecule has 0 aliphatic heterocycles. The van der Waals surface area contributed by atoms with Crippen LogP contribution in [0.25, 0.3) is 16.9 Å². The van der Waals surface area contributed by atoms with E-state index in [1.54, 1.807) is 10.9 Å². The Bertz CT molecular complexity index is 745. The van der Waals surface area contributed by atoms with Gasteiger partial charge in [0.2, 0.25) is 0 Å². The summed E-state index contributed by atoms with van der Waals surface area (Å²) in [6, 6.07) is 17.8. The van der Waals surface area contributed by atoms with E-state index < -0.39 is 0 Å². The molecule has 0 unspecified atom stereocenters. The number of nitrogens with zero attached hydrogens (tertiary/aromatic N) is 2. The second-order valence-electron chi connectivity index (χ2n) is 4.70. The molecule has 3 aromatic rings. The highest BCUT2D eigenvalue weighted by molar-refractivity contribution is 5.85. The largest absolute Gasteiger partial charge is 0.298 e. The molecule has 0 saturated heterocycles. The normalized spacial score (nSPS) is 10.4. The molecule has 3 heteroatoms. The van der Waals surface area contributed by atoms with Gasteiger partial charge in [0.25, 0.3) is 0 Å². The van der Waals surface area contributed by atoms with E-state index in [0.29, 0.717) is 11.3 Å². The number of hydrogen-bond acceptors (Lipinski definition) is 2. The molecule has 1 heterocycles. The van der Waals surface area contributed by atoms with Gasteiger partial charge in [-0.2, -0.15) is 5.10 Å². The number of aryl methyl sites for hydroxylation is 1. The van der Waals surface area contributed by atoms with E-state index in [1.807, 2.05) is 61.5 Å². The van der Waals surface area contributed by atoms with E-state index in [2.05, 4.69) is 5.10 Å². The molecule has 0 spiro atoms. The van der Waals surface area contributed by atoms with Crippen molar-refractivity contribution in [3.05, 3.63) is 71.9 Å². The van der Waals surface area contributed by atoms with Crippen molar-refractivity contribution in [3.63, 3.8) is 0 Å². The van der Waals surface area contributed by atoms with Crippen LogP contribution in [0.5, 0.6) is 0 Å². The van der Waals surface area contributed by atoms with Crippen molar-refractivity contribution in [1.29, 1.82) is 0 Å². The van der Waals surface area contributed by atoms with Crippen molar-refractivity contribution >= 4 is 6.29 Å². The van der Waals surface area contributed by atoms with Gasteiger partial charge in [-0.15, -0.1) is 0 Å². The average Bonchev–Trinajstić information content (AvgIpc) is 2.92. The van der Waals surface area contributed by atoms with Crippen LogP contribution < -0.4 is 0 Å². The highest BCUT2D eigenvalue weighted by atomic mass is 16.1. The van der Waals surface area contributed by atoms with E-state index in [-0.39, 0.29) is 0 Å². The van der Waals surface area contributed by atoms with Crippen LogP contribution in [-0.4, -0.2) is 16.1 Å². The second-order valence-corrected chi connectivity index (χ2v) is 4.70. The second kappa shape index (κ2) is 5.13. The molecular formula is C17H14N2O. The fourth-order valence-electron chi connectivity index (χ4n) is 2.20. The summed E-state index contributed by atoms with van der Waals surface area (Å²) in [5.74, 6) is 0. The van der Waals surface area contributed by atoms with Crippen LogP contribution in [-0.2, 0) is 0 Å². The van der Waals surface area contributed by atoms with Gasteiger partial charge in [0.1, 0.15) is 5.69 Å². The smallest absolute Gasteiger partial charge is 0.153 e. The highest BCUT2D eigenvalue weighted by Crippen LogP contribution is 2.23. The lowest BCUT2D eigenvalue weighted by atomic mass is 10.1. The molecule has 0 aliphatic carbocycles. The van der Waals surface area contributed by atoms with E-state index >= 15 is 0 Å². The van der Waals surface area contributed by atoms with Crippen molar-refractivity contribution in [2.24, 2.45) is 0 Å². The zero-order valence-corrected chi connectivity index (χ0v) is 11.2. The van der Waals surface area contributed by atoms with Gasteiger partial charge in [0.05, 0.1) is 11.3 Å². The number of carbonyl (C=O) groups is 1. The van der Waals surface area contributed by atoms with Gasteiger partial charge in [-0.3, -0.25) is 4.79 Å². The standard InChI is InChI=1S/C17H14N2O/c1-13-6-5-7-14(10-13)17-15(12-20)11-19(18-17)16-8-3-2-4-9-16/h2-12H,1H3. The lowest BCUT2D eigenvalue weighted by Gasteiger charge is -2.01. The predicted octanol–water partition coefficient (Wildman–Crippen LogP) is 3.66. The molecule has 0 amide bonds. The molecule has 0 bridgehead atoms. The minimum atomic E-state index is 0.597. The quantitative estimate of drug-likeness (QED) is 0.675. The third-order valence-electron chi connectivity index (χ3n) is 3.18. The molecule has 3 rings (SSSR count). The molecule has 0 aliphatic rings. The molecule has 98 valence electrons. The van der Waals surface area contributed by atoms with E-state index in [0.717, 1.165) is 23.1 Å². The van der Waals surface area contributed by atoms with Gasteiger partial charge in [-0.05, 0) is 25.1 Å². The molecule has 2 aromatic carbocycles. The monoisotopic (exact) mass is 262 g/mol. The summed E-state index contributed by atoms with van der Waals surface area (Å²) in [5.41, 5.74) is 4.36. The first-order valence-corrected chi connectivity index (χ1v) is 6.45.